The highest BCUT2D eigenvalue weighted by Gasteiger charge is 2.13. The minimum atomic E-state index is -0.839. The Morgan fingerprint density at radius 1 is 1.11 bits per heavy atom. The first-order valence-electron chi connectivity index (χ1n) is 5.77. The van der Waals surface area contributed by atoms with Crippen LogP contribution in [-0.2, 0) is 4.79 Å². The molecule has 0 bridgehead atoms. The highest BCUT2D eigenvalue weighted by Crippen LogP contribution is 2.31. The number of aliphatic carboxylic acids is 1. The fraction of sp³-hybridized carbons (Fsp3) is 0.133. The van der Waals surface area contributed by atoms with Gasteiger partial charge in [-0.25, -0.2) is 0 Å². The van der Waals surface area contributed by atoms with Gasteiger partial charge in [0.15, 0.2) is 0 Å². The van der Waals surface area contributed by atoms with Crippen molar-refractivity contribution in [1.82, 2.24) is 0 Å². The van der Waals surface area contributed by atoms with Gasteiger partial charge in [-0.1, -0.05) is 47.5 Å². The summed E-state index contributed by atoms with van der Waals surface area (Å²) in [6.45, 7) is 1.66. The van der Waals surface area contributed by atoms with E-state index in [2.05, 4.69) is 0 Å². The van der Waals surface area contributed by atoms with Crippen molar-refractivity contribution in [3.05, 3.63) is 58.1 Å². The van der Waals surface area contributed by atoms with Gasteiger partial charge in [-0.15, -0.1) is 0 Å². The molecule has 2 nitrogen and oxygen atoms in total. The normalized spacial score (nSPS) is 12.2. The van der Waals surface area contributed by atoms with E-state index in [0.29, 0.717) is 10.0 Å². The summed E-state index contributed by atoms with van der Waals surface area (Å²) in [5, 5.41) is 10.2. The number of hydrogen-bond acceptors (Lipinski definition) is 1. The lowest BCUT2D eigenvalue weighted by molar-refractivity contribution is -0.138. The Bertz CT molecular complexity index is 606. The molecule has 98 valence electrons. The lowest BCUT2D eigenvalue weighted by atomic mass is 9.98. The Kier molecular flexibility index (Phi) is 4.13. The Hall–Kier alpha value is -1.51. The molecule has 2 rings (SSSR count). The van der Waals surface area contributed by atoms with Crippen molar-refractivity contribution < 1.29 is 9.90 Å². The van der Waals surface area contributed by atoms with Gasteiger partial charge in [-0.2, -0.15) is 0 Å². The Labute approximate surface area is 121 Å². The molecule has 0 fully saturated rings. The maximum Gasteiger partial charge on any atom is 0.310 e. The van der Waals surface area contributed by atoms with Gasteiger partial charge in [0.05, 0.1) is 5.92 Å². The zero-order chi connectivity index (χ0) is 14.0. The fourth-order valence-electron chi connectivity index (χ4n) is 1.81. The van der Waals surface area contributed by atoms with Crippen molar-refractivity contribution in [3.8, 4) is 11.1 Å². The third-order valence-corrected chi connectivity index (χ3v) is 3.59. The average molecular weight is 295 g/mol. The van der Waals surface area contributed by atoms with Gasteiger partial charge in [0.25, 0.3) is 0 Å². The minimum Gasteiger partial charge on any atom is -0.481 e. The number of carboxylic acids is 1. The van der Waals surface area contributed by atoms with Crippen LogP contribution >= 0.6 is 23.2 Å². The van der Waals surface area contributed by atoms with Crippen molar-refractivity contribution in [3.63, 3.8) is 0 Å². The summed E-state index contributed by atoms with van der Waals surface area (Å²) in [6, 6.07) is 12.6. The maximum atomic E-state index is 10.9. The second kappa shape index (κ2) is 5.64. The number of carbonyl (C=O) groups is 1. The van der Waals surface area contributed by atoms with Gasteiger partial charge >= 0.3 is 5.97 Å². The lowest BCUT2D eigenvalue weighted by Gasteiger charge is -2.09. The van der Waals surface area contributed by atoms with E-state index in [0.717, 1.165) is 16.7 Å². The van der Waals surface area contributed by atoms with Crippen LogP contribution in [0.3, 0.4) is 0 Å². The third-order valence-electron chi connectivity index (χ3n) is 3.02. The maximum absolute atomic E-state index is 10.9. The summed E-state index contributed by atoms with van der Waals surface area (Å²) >= 11 is 12.1. The number of benzene rings is 2. The molecule has 0 aromatic heterocycles. The van der Waals surface area contributed by atoms with Crippen LogP contribution in [0.1, 0.15) is 18.4 Å². The average Bonchev–Trinajstić information content (AvgIpc) is 2.41. The van der Waals surface area contributed by atoms with E-state index in [1.165, 1.54) is 0 Å². The summed E-state index contributed by atoms with van der Waals surface area (Å²) in [5.74, 6) is -1.36. The molecule has 0 spiro atoms. The number of rotatable bonds is 3. The molecule has 1 N–H and O–H groups in total. The molecule has 0 aliphatic carbocycles. The van der Waals surface area contributed by atoms with Crippen LogP contribution in [0.2, 0.25) is 10.0 Å². The third kappa shape index (κ3) is 3.09. The molecular formula is C15H12Cl2O2. The summed E-state index contributed by atoms with van der Waals surface area (Å²) in [6.07, 6.45) is 0. The van der Waals surface area contributed by atoms with Crippen LogP contribution in [0.5, 0.6) is 0 Å². The predicted molar refractivity (Wildman–Crippen MR) is 77.9 cm³/mol. The SMILES string of the molecule is CC(C(=O)O)c1ccc(-c2cc(Cl)ccc2Cl)cc1. The molecule has 4 heteroatoms. The zero-order valence-electron chi connectivity index (χ0n) is 10.2. The van der Waals surface area contributed by atoms with Crippen molar-refractivity contribution in [1.29, 1.82) is 0 Å². The Balaban J connectivity index is 2.37. The van der Waals surface area contributed by atoms with Crippen LogP contribution in [0, 0.1) is 0 Å². The van der Waals surface area contributed by atoms with E-state index in [1.807, 2.05) is 12.1 Å². The first-order chi connectivity index (χ1) is 8.99. The minimum absolute atomic E-state index is 0.524. The van der Waals surface area contributed by atoms with Crippen LogP contribution in [0.25, 0.3) is 11.1 Å². The van der Waals surface area contributed by atoms with Crippen molar-refractivity contribution in [2.24, 2.45) is 0 Å². The number of halogens is 2. The highest BCUT2D eigenvalue weighted by atomic mass is 35.5. The first kappa shape index (κ1) is 13.9. The van der Waals surface area contributed by atoms with E-state index < -0.39 is 11.9 Å². The smallest absolute Gasteiger partial charge is 0.310 e. The van der Waals surface area contributed by atoms with E-state index in [1.54, 1.807) is 37.3 Å². The molecule has 1 unspecified atom stereocenters. The largest absolute Gasteiger partial charge is 0.481 e. The summed E-state index contributed by atoms with van der Waals surface area (Å²) in [5.41, 5.74) is 2.51. The van der Waals surface area contributed by atoms with E-state index >= 15 is 0 Å². The molecular weight excluding hydrogens is 283 g/mol. The number of carboxylic acid groups (broad SMARTS) is 1. The fourth-order valence-corrected chi connectivity index (χ4v) is 2.21. The molecule has 0 heterocycles. The molecule has 0 amide bonds. The van der Waals surface area contributed by atoms with Gasteiger partial charge in [-0.3, -0.25) is 4.79 Å². The molecule has 0 radical (unpaired) electrons. The van der Waals surface area contributed by atoms with Crippen LogP contribution < -0.4 is 0 Å². The standard InChI is InChI=1S/C15H12Cl2O2/c1-9(15(18)19)10-2-4-11(5-3-10)13-8-12(16)6-7-14(13)17/h2-9H,1H3,(H,18,19). The zero-order valence-corrected chi connectivity index (χ0v) is 11.7. The van der Waals surface area contributed by atoms with Crippen molar-refractivity contribution >= 4 is 29.2 Å². The van der Waals surface area contributed by atoms with Gasteiger partial charge in [0.2, 0.25) is 0 Å². The molecule has 1 atom stereocenters. The monoisotopic (exact) mass is 294 g/mol. The lowest BCUT2D eigenvalue weighted by Crippen LogP contribution is -2.06. The predicted octanol–water partition coefficient (Wildman–Crippen LogP) is 4.85. The Morgan fingerprint density at radius 2 is 1.74 bits per heavy atom. The van der Waals surface area contributed by atoms with Gasteiger partial charge in [0, 0.05) is 15.6 Å². The van der Waals surface area contributed by atoms with Crippen molar-refractivity contribution in [2.45, 2.75) is 12.8 Å². The van der Waals surface area contributed by atoms with Crippen LogP contribution in [0.4, 0.5) is 0 Å². The molecule has 0 saturated heterocycles. The highest BCUT2D eigenvalue weighted by molar-refractivity contribution is 6.35. The van der Waals surface area contributed by atoms with Gasteiger partial charge < -0.3 is 5.11 Å². The van der Waals surface area contributed by atoms with Crippen LogP contribution in [-0.4, -0.2) is 11.1 Å². The number of hydrogen-bond donors (Lipinski definition) is 1. The first-order valence-corrected chi connectivity index (χ1v) is 6.53. The summed E-state index contributed by atoms with van der Waals surface area (Å²) in [7, 11) is 0. The molecule has 0 aliphatic rings. The second-order valence-corrected chi connectivity index (χ2v) is 5.15. The van der Waals surface area contributed by atoms with Gasteiger partial charge in [-0.05, 0) is 36.2 Å². The van der Waals surface area contributed by atoms with E-state index in [9.17, 15) is 4.79 Å². The second-order valence-electron chi connectivity index (χ2n) is 4.31. The molecule has 2 aromatic rings. The summed E-state index contributed by atoms with van der Waals surface area (Å²) < 4.78 is 0. The molecule has 0 aliphatic heterocycles. The molecule has 2 aromatic carbocycles. The van der Waals surface area contributed by atoms with Crippen molar-refractivity contribution in [2.75, 3.05) is 0 Å². The van der Waals surface area contributed by atoms with E-state index in [4.69, 9.17) is 28.3 Å². The molecule has 0 saturated carbocycles. The van der Waals surface area contributed by atoms with Gasteiger partial charge in [0.1, 0.15) is 0 Å². The summed E-state index contributed by atoms with van der Waals surface area (Å²) in [4.78, 5) is 10.9. The van der Waals surface area contributed by atoms with E-state index in [-0.39, 0.29) is 0 Å². The molecule has 19 heavy (non-hydrogen) atoms. The quantitative estimate of drug-likeness (QED) is 0.879. The topological polar surface area (TPSA) is 37.3 Å². The van der Waals surface area contributed by atoms with Crippen LogP contribution in [0.15, 0.2) is 42.5 Å². The Morgan fingerprint density at radius 3 is 2.32 bits per heavy atom.